The standard InChI is InChI=1S/C9H10ClN3OS/c10-3-7-6-15-9(12-7)13-1-2-14-8(4-11)5-13/h6,8H,1-3,5H2. The number of thiazole rings is 1. The minimum Gasteiger partial charge on any atom is -0.360 e. The Balaban J connectivity index is 2.07. The fraction of sp³-hybridized carbons (Fsp3) is 0.556. The monoisotopic (exact) mass is 243 g/mol. The van der Waals surface area contributed by atoms with Gasteiger partial charge in [0.15, 0.2) is 11.2 Å². The summed E-state index contributed by atoms with van der Waals surface area (Å²) in [5.41, 5.74) is 0.886. The van der Waals surface area contributed by atoms with E-state index in [2.05, 4.69) is 16.0 Å². The average Bonchev–Trinajstić information content (AvgIpc) is 2.78. The van der Waals surface area contributed by atoms with Crippen molar-refractivity contribution in [2.45, 2.75) is 12.0 Å². The Kier molecular flexibility index (Phi) is 3.41. The van der Waals surface area contributed by atoms with Crippen molar-refractivity contribution in [3.63, 3.8) is 0 Å². The third-order valence-electron chi connectivity index (χ3n) is 2.16. The zero-order chi connectivity index (χ0) is 10.7. The van der Waals surface area contributed by atoms with E-state index in [0.29, 0.717) is 19.0 Å². The zero-order valence-corrected chi connectivity index (χ0v) is 9.59. The Labute approximate surface area is 97.0 Å². The van der Waals surface area contributed by atoms with E-state index in [1.54, 1.807) is 11.3 Å². The molecular weight excluding hydrogens is 234 g/mol. The fourth-order valence-corrected chi connectivity index (χ4v) is 2.49. The fourth-order valence-electron chi connectivity index (χ4n) is 1.40. The minimum absolute atomic E-state index is 0.345. The summed E-state index contributed by atoms with van der Waals surface area (Å²) in [6.07, 6.45) is -0.345. The summed E-state index contributed by atoms with van der Waals surface area (Å²) >= 11 is 7.24. The molecule has 2 heterocycles. The van der Waals surface area contributed by atoms with E-state index < -0.39 is 0 Å². The molecule has 1 unspecified atom stereocenters. The third kappa shape index (κ3) is 2.40. The molecule has 0 saturated carbocycles. The van der Waals surface area contributed by atoms with Crippen molar-refractivity contribution in [3.8, 4) is 6.07 Å². The van der Waals surface area contributed by atoms with Crippen LogP contribution in [0, 0.1) is 11.3 Å². The first-order valence-electron chi connectivity index (χ1n) is 4.60. The maximum atomic E-state index is 8.77. The van der Waals surface area contributed by atoms with Crippen molar-refractivity contribution < 1.29 is 4.74 Å². The van der Waals surface area contributed by atoms with Crippen LogP contribution in [0.3, 0.4) is 0 Å². The van der Waals surface area contributed by atoms with Crippen LogP contribution in [0.2, 0.25) is 0 Å². The predicted molar refractivity (Wildman–Crippen MR) is 59.2 cm³/mol. The summed E-state index contributed by atoms with van der Waals surface area (Å²) in [5, 5.41) is 11.6. The van der Waals surface area contributed by atoms with Crippen LogP contribution in [0.15, 0.2) is 5.38 Å². The molecule has 1 atom stereocenters. The van der Waals surface area contributed by atoms with Crippen molar-refractivity contribution >= 4 is 28.1 Å². The van der Waals surface area contributed by atoms with Gasteiger partial charge < -0.3 is 9.64 Å². The predicted octanol–water partition coefficient (Wildman–Crippen LogP) is 1.61. The van der Waals surface area contributed by atoms with Gasteiger partial charge in [-0.1, -0.05) is 0 Å². The van der Waals surface area contributed by atoms with E-state index >= 15 is 0 Å². The van der Waals surface area contributed by atoms with Gasteiger partial charge in [-0.05, 0) is 0 Å². The van der Waals surface area contributed by atoms with E-state index in [1.165, 1.54) is 0 Å². The maximum absolute atomic E-state index is 8.77. The largest absolute Gasteiger partial charge is 0.360 e. The van der Waals surface area contributed by atoms with Crippen molar-refractivity contribution in [1.82, 2.24) is 4.98 Å². The Morgan fingerprint density at radius 1 is 1.80 bits per heavy atom. The lowest BCUT2D eigenvalue weighted by atomic mass is 10.3. The van der Waals surface area contributed by atoms with Gasteiger partial charge in [-0.3, -0.25) is 0 Å². The first kappa shape index (κ1) is 10.7. The quantitative estimate of drug-likeness (QED) is 0.741. The molecule has 1 aliphatic rings. The lowest BCUT2D eigenvalue weighted by Gasteiger charge is -2.29. The molecule has 0 bridgehead atoms. The van der Waals surface area contributed by atoms with E-state index in [9.17, 15) is 0 Å². The van der Waals surface area contributed by atoms with Gasteiger partial charge >= 0.3 is 0 Å². The van der Waals surface area contributed by atoms with Gasteiger partial charge in [-0.2, -0.15) is 5.26 Å². The van der Waals surface area contributed by atoms with Gasteiger partial charge in [-0.15, -0.1) is 22.9 Å². The molecule has 0 amide bonds. The highest BCUT2D eigenvalue weighted by molar-refractivity contribution is 7.13. The first-order valence-corrected chi connectivity index (χ1v) is 6.01. The summed E-state index contributed by atoms with van der Waals surface area (Å²) in [7, 11) is 0. The molecule has 80 valence electrons. The molecule has 0 spiro atoms. The summed E-state index contributed by atoms with van der Waals surface area (Å²) in [6.45, 7) is 1.95. The molecule has 1 aliphatic heterocycles. The van der Waals surface area contributed by atoms with Crippen molar-refractivity contribution in [1.29, 1.82) is 5.26 Å². The lowest BCUT2D eigenvalue weighted by Crippen LogP contribution is -2.41. The van der Waals surface area contributed by atoms with Crippen LogP contribution in [-0.4, -0.2) is 30.8 Å². The molecule has 1 aromatic heterocycles. The molecule has 6 heteroatoms. The van der Waals surface area contributed by atoms with Crippen LogP contribution in [0.4, 0.5) is 5.13 Å². The van der Waals surface area contributed by atoms with Gasteiger partial charge in [0.05, 0.1) is 30.8 Å². The second kappa shape index (κ2) is 4.79. The molecule has 0 aromatic carbocycles. The van der Waals surface area contributed by atoms with E-state index in [-0.39, 0.29) is 6.10 Å². The molecule has 1 aromatic rings. The number of rotatable bonds is 2. The highest BCUT2D eigenvalue weighted by Crippen LogP contribution is 2.23. The van der Waals surface area contributed by atoms with Gasteiger partial charge in [0.25, 0.3) is 0 Å². The highest BCUT2D eigenvalue weighted by Gasteiger charge is 2.21. The Morgan fingerprint density at radius 2 is 2.67 bits per heavy atom. The Morgan fingerprint density at radius 3 is 3.33 bits per heavy atom. The van der Waals surface area contributed by atoms with E-state index in [1.807, 2.05) is 5.38 Å². The summed E-state index contributed by atoms with van der Waals surface area (Å²) in [6, 6.07) is 2.11. The number of aromatic nitrogens is 1. The number of morpholine rings is 1. The first-order chi connectivity index (χ1) is 7.33. The number of ether oxygens (including phenoxy) is 1. The minimum atomic E-state index is -0.345. The topological polar surface area (TPSA) is 49.2 Å². The lowest BCUT2D eigenvalue weighted by molar-refractivity contribution is 0.0764. The number of halogens is 1. The van der Waals surface area contributed by atoms with E-state index in [0.717, 1.165) is 17.4 Å². The average molecular weight is 244 g/mol. The number of alkyl halides is 1. The second-order valence-electron chi connectivity index (χ2n) is 3.19. The van der Waals surface area contributed by atoms with Gasteiger partial charge in [0.2, 0.25) is 0 Å². The van der Waals surface area contributed by atoms with Gasteiger partial charge in [0.1, 0.15) is 0 Å². The van der Waals surface area contributed by atoms with Gasteiger partial charge in [0, 0.05) is 11.9 Å². The van der Waals surface area contributed by atoms with Crippen molar-refractivity contribution in [3.05, 3.63) is 11.1 Å². The summed E-state index contributed by atoms with van der Waals surface area (Å²) < 4.78 is 5.26. The maximum Gasteiger partial charge on any atom is 0.185 e. The van der Waals surface area contributed by atoms with Crippen molar-refractivity contribution in [2.24, 2.45) is 0 Å². The van der Waals surface area contributed by atoms with Crippen LogP contribution in [-0.2, 0) is 10.6 Å². The van der Waals surface area contributed by atoms with E-state index in [4.69, 9.17) is 21.6 Å². The molecule has 0 radical (unpaired) electrons. The molecule has 1 saturated heterocycles. The number of nitriles is 1. The number of hydrogen-bond donors (Lipinski definition) is 0. The van der Waals surface area contributed by atoms with Crippen LogP contribution < -0.4 is 4.90 Å². The smallest absolute Gasteiger partial charge is 0.185 e. The van der Waals surface area contributed by atoms with Crippen LogP contribution in [0.25, 0.3) is 0 Å². The molecular formula is C9H10ClN3OS. The van der Waals surface area contributed by atoms with Crippen LogP contribution in [0.1, 0.15) is 5.69 Å². The zero-order valence-electron chi connectivity index (χ0n) is 8.02. The van der Waals surface area contributed by atoms with Crippen LogP contribution in [0.5, 0.6) is 0 Å². The molecule has 4 nitrogen and oxygen atoms in total. The normalized spacial score (nSPS) is 21.3. The number of nitrogens with zero attached hydrogens (tertiary/aromatic N) is 3. The van der Waals surface area contributed by atoms with Crippen molar-refractivity contribution in [2.75, 3.05) is 24.6 Å². The van der Waals surface area contributed by atoms with Gasteiger partial charge in [-0.25, -0.2) is 4.98 Å². The molecule has 15 heavy (non-hydrogen) atoms. The Hall–Kier alpha value is -0.830. The summed E-state index contributed by atoms with van der Waals surface area (Å²) in [5.74, 6) is 0.433. The molecule has 2 rings (SSSR count). The second-order valence-corrected chi connectivity index (χ2v) is 4.29. The highest BCUT2D eigenvalue weighted by atomic mass is 35.5. The third-order valence-corrected chi connectivity index (χ3v) is 3.38. The molecule has 1 fully saturated rings. The SMILES string of the molecule is N#CC1CN(c2nc(CCl)cs2)CCO1. The number of anilines is 1. The Bertz CT molecular complexity index is 376. The molecule has 0 N–H and O–H groups in total. The number of hydrogen-bond acceptors (Lipinski definition) is 5. The summed E-state index contributed by atoms with van der Waals surface area (Å²) in [4.78, 5) is 6.44. The molecule has 0 aliphatic carbocycles. The van der Waals surface area contributed by atoms with Crippen LogP contribution >= 0.6 is 22.9 Å².